The standard InChI is InChI=1S/C14H17NO2/c16-13(17)10-2-3-11-7-14(8-12(11)6-10)4-1-5-15-9-14/h2-3,6,15H,1,4-5,7-9H2,(H,16,17). The van der Waals surface area contributed by atoms with Gasteiger partial charge in [-0.15, -0.1) is 0 Å². The van der Waals surface area contributed by atoms with Crippen molar-refractivity contribution in [3.05, 3.63) is 34.9 Å². The average Bonchev–Trinajstić information content (AvgIpc) is 2.66. The van der Waals surface area contributed by atoms with Crippen LogP contribution in [0, 0.1) is 5.41 Å². The average molecular weight is 231 g/mol. The Morgan fingerprint density at radius 2 is 2.12 bits per heavy atom. The van der Waals surface area contributed by atoms with Crippen LogP contribution in [-0.4, -0.2) is 24.2 Å². The molecule has 1 aromatic rings. The Bertz CT molecular complexity index is 461. The van der Waals surface area contributed by atoms with E-state index in [2.05, 4.69) is 5.32 Å². The number of aromatic carboxylic acids is 1. The topological polar surface area (TPSA) is 49.3 Å². The highest BCUT2D eigenvalue weighted by Crippen LogP contribution is 2.41. The van der Waals surface area contributed by atoms with Crippen LogP contribution in [0.25, 0.3) is 0 Å². The minimum atomic E-state index is -0.824. The number of hydrogen-bond acceptors (Lipinski definition) is 2. The molecule has 1 spiro atoms. The van der Waals surface area contributed by atoms with Gasteiger partial charge in [0.15, 0.2) is 0 Å². The van der Waals surface area contributed by atoms with Gasteiger partial charge >= 0.3 is 5.97 Å². The molecule has 1 heterocycles. The summed E-state index contributed by atoms with van der Waals surface area (Å²) in [7, 11) is 0. The number of hydrogen-bond donors (Lipinski definition) is 2. The number of carboxylic acid groups (broad SMARTS) is 1. The number of carbonyl (C=O) groups is 1. The highest BCUT2D eigenvalue weighted by Gasteiger charge is 2.38. The molecular formula is C14H17NO2. The van der Waals surface area contributed by atoms with E-state index in [0.29, 0.717) is 11.0 Å². The van der Waals surface area contributed by atoms with Crippen molar-refractivity contribution in [3.63, 3.8) is 0 Å². The Labute approximate surface area is 101 Å². The molecule has 1 aliphatic carbocycles. The second kappa shape index (κ2) is 3.84. The third kappa shape index (κ3) is 1.84. The third-order valence-electron chi connectivity index (χ3n) is 4.14. The summed E-state index contributed by atoms with van der Waals surface area (Å²) < 4.78 is 0. The summed E-state index contributed by atoms with van der Waals surface area (Å²) in [4.78, 5) is 11.0. The van der Waals surface area contributed by atoms with Crippen LogP contribution in [0.1, 0.15) is 34.3 Å². The number of fused-ring (bicyclic) bond motifs is 1. The van der Waals surface area contributed by atoms with Crippen molar-refractivity contribution in [2.75, 3.05) is 13.1 Å². The lowest BCUT2D eigenvalue weighted by Gasteiger charge is -2.33. The molecule has 3 rings (SSSR count). The van der Waals surface area contributed by atoms with Crippen LogP contribution in [0.5, 0.6) is 0 Å². The van der Waals surface area contributed by atoms with Gasteiger partial charge < -0.3 is 10.4 Å². The van der Waals surface area contributed by atoms with Crippen LogP contribution in [0.15, 0.2) is 18.2 Å². The number of rotatable bonds is 1. The monoisotopic (exact) mass is 231 g/mol. The zero-order valence-corrected chi connectivity index (χ0v) is 9.83. The summed E-state index contributed by atoms with van der Waals surface area (Å²) >= 11 is 0. The van der Waals surface area contributed by atoms with E-state index in [0.717, 1.165) is 25.9 Å². The molecule has 1 saturated heterocycles. The van der Waals surface area contributed by atoms with Gasteiger partial charge in [0.05, 0.1) is 5.56 Å². The number of nitrogens with one attached hydrogen (secondary N) is 1. The molecule has 0 radical (unpaired) electrons. The Balaban J connectivity index is 1.89. The Kier molecular flexibility index (Phi) is 2.44. The molecular weight excluding hydrogens is 214 g/mol. The van der Waals surface area contributed by atoms with E-state index in [1.54, 1.807) is 6.07 Å². The fourth-order valence-electron chi connectivity index (χ4n) is 3.30. The van der Waals surface area contributed by atoms with Crippen LogP contribution in [-0.2, 0) is 12.8 Å². The van der Waals surface area contributed by atoms with Gasteiger partial charge in [0, 0.05) is 6.54 Å². The first-order valence-electron chi connectivity index (χ1n) is 6.24. The predicted octanol–water partition coefficient (Wildman–Crippen LogP) is 1.85. The van der Waals surface area contributed by atoms with Crippen LogP contribution < -0.4 is 5.32 Å². The molecule has 0 aromatic heterocycles. The molecule has 0 amide bonds. The van der Waals surface area contributed by atoms with Gasteiger partial charge in [-0.05, 0) is 60.9 Å². The van der Waals surface area contributed by atoms with Crippen LogP contribution in [0.3, 0.4) is 0 Å². The molecule has 90 valence electrons. The van der Waals surface area contributed by atoms with Crippen LogP contribution >= 0.6 is 0 Å². The van der Waals surface area contributed by atoms with Gasteiger partial charge in [-0.2, -0.15) is 0 Å². The van der Waals surface area contributed by atoms with Crippen LogP contribution in [0.4, 0.5) is 0 Å². The lowest BCUT2D eigenvalue weighted by atomic mass is 9.78. The summed E-state index contributed by atoms with van der Waals surface area (Å²) in [5, 5.41) is 12.5. The van der Waals surface area contributed by atoms with Crippen molar-refractivity contribution < 1.29 is 9.90 Å². The normalized spacial score (nSPS) is 27.1. The number of carboxylic acids is 1. The second-order valence-corrected chi connectivity index (χ2v) is 5.42. The lowest BCUT2D eigenvalue weighted by molar-refractivity contribution is 0.0696. The smallest absolute Gasteiger partial charge is 0.335 e. The fraction of sp³-hybridized carbons (Fsp3) is 0.500. The van der Waals surface area contributed by atoms with Gasteiger partial charge in [-0.1, -0.05) is 6.07 Å². The maximum Gasteiger partial charge on any atom is 0.335 e. The summed E-state index contributed by atoms with van der Waals surface area (Å²) in [6.45, 7) is 2.20. The Hall–Kier alpha value is -1.35. The third-order valence-corrected chi connectivity index (χ3v) is 4.14. The Morgan fingerprint density at radius 3 is 2.82 bits per heavy atom. The molecule has 1 aliphatic heterocycles. The van der Waals surface area contributed by atoms with E-state index in [1.165, 1.54) is 24.0 Å². The molecule has 17 heavy (non-hydrogen) atoms. The largest absolute Gasteiger partial charge is 0.478 e. The van der Waals surface area contributed by atoms with Crippen molar-refractivity contribution in [1.29, 1.82) is 0 Å². The minimum Gasteiger partial charge on any atom is -0.478 e. The highest BCUT2D eigenvalue weighted by atomic mass is 16.4. The van der Waals surface area contributed by atoms with Gasteiger partial charge in [0.2, 0.25) is 0 Å². The van der Waals surface area contributed by atoms with Gasteiger partial charge in [-0.25, -0.2) is 4.79 Å². The van der Waals surface area contributed by atoms with E-state index in [-0.39, 0.29) is 0 Å². The molecule has 0 saturated carbocycles. The predicted molar refractivity (Wildman–Crippen MR) is 65.3 cm³/mol. The van der Waals surface area contributed by atoms with E-state index in [9.17, 15) is 4.79 Å². The molecule has 1 unspecified atom stereocenters. The molecule has 3 heteroatoms. The summed E-state index contributed by atoms with van der Waals surface area (Å²) in [6.07, 6.45) is 4.64. The summed E-state index contributed by atoms with van der Waals surface area (Å²) in [5.74, 6) is -0.824. The van der Waals surface area contributed by atoms with E-state index in [4.69, 9.17) is 5.11 Å². The highest BCUT2D eigenvalue weighted by molar-refractivity contribution is 5.88. The van der Waals surface area contributed by atoms with Crippen molar-refractivity contribution in [2.24, 2.45) is 5.41 Å². The van der Waals surface area contributed by atoms with Gasteiger partial charge in [0.25, 0.3) is 0 Å². The number of piperidine rings is 1. The SMILES string of the molecule is O=C(O)c1ccc2c(c1)CC1(CCCNC1)C2. The molecule has 2 aliphatic rings. The van der Waals surface area contributed by atoms with Gasteiger partial charge in [-0.3, -0.25) is 0 Å². The fourth-order valence-corrected chi connectivity index (χ4v) is 3.30. The van der Waals surface area contributed by atoms with E-state index in [1.807, 2.05) is 12.1 Å². The summed E-state index contributed by atoms with van der Waals surface area (Å²) in [5.41, 5.74) is 3.37. The molecule has 2 N–H and O–H groups in total. The van der Waals surface area contributed by atoms with Crippen molar-refractivity contribution >= 4 is 5.97 Å². The van der Waals surface area contributed by atoms with Crippen LogP contribution in [0.2, 0.25) is 0 Å². The van der Waals surface area contributed by atoms with Crippen molar-refractivity contribution in [2.45, 2.75) is 25.7 Å². The molecule has 1 atom stereocenters. The minimum absolute atomic E-state index is 0.359. The molecule has 1 fully saturated rings. The van der Waals surface area contributed by atoms with Crippen molar-refractivity contribution in [3.8, 4) is 0 Å². The molecule has 3 nitrogen and oxygen atoms in total. The van der Waals surface area contributed by atoms with Crippen molar-refractivity contribution in [1.82, 2.24) is 5.32 Å². The first kappa shape index (κ1) is 10.8. The maximum absolute atomic E-state index is 11.0. The molecule has 0 bridgehead atoms. The maximum atomic E-state index is 11.0. The second-order valence-electron chi connectivity index (χ2n) is 5.42. The zero-order chi connectivity index (χ0) is 11.9. The lowest BCUT2D eigenvalue weighted by Crippen LogP contribution is -2.40. The zero-order valence-electron chi connectivity index (χ0n) is 9.83. The quantitative estimate of drug-likeness (QED) is 0.775. The first-order valence-corrected chi connectivity index (χ1v) is 6.24. The summed E-state index contributed by atoms with van der Waals surface area (Å²) in [6, 6.07) is 5.60. The first-order chi connectivity index (χ1) is 8.19. The van der Waals surface area contributed by atoms with E-state index >= 15 is 0 Å². The number of benzene rings is 1. The Morgan fingerprint density at radius 1 is 1.29 bits per heavy atom. The van der Waals surface area contributed by atoms with E-state index < -0.39 is 5.97 Å². The van der Waals surface area contributed by atoms with Gasteiger partial charge in [0.1, 0.15) is 0 Å². The molecule has 1 aromatic carbocycles.